The van der Waals surface area contributed by atoms with Gasteiger partial charge in [0.05, 0.1) is 0 Å². The molecular formula is C15H14INSn. The molecule has 0 aliphatic carbocycles. The van der Waals surface area contributed by atoms with E-state index in [2.05, 4.69) is 85.4 Å². The van der Waals surface area contributed by atoms with Gasteiger partial charge in [0, 0.05) is 0 Å². The van der Waals surface area contributed by atoms with Crippen LogP contribution in [0.2, 0.25) is 4.44 Å². The molecule has 2 rings (SSSR count). The molecule has 3 heteroatoms. The van der Waals surface area contributed by atoms with E-state index >= 15 is 0 Å². The third-order valence-corrected chi connectivity index (χ3v) is 24.8. The van der Waals surface area contributed by atoms with E-state index in [4.69, 9.17) is 5.26 Å². The van der Waals surface area contributed by atoms with Crippen molar-refractivity contribution >= 4 is 40.2 Å². The minimum absolute atomic E-state index is 0.656. The van der Waals surface area contributed by atoms with E-state index in [1.165, 1.54) is 7.16 Å². The summed E-state index contributed by atoms with van der Waals surface area (Å²) in [5, 5.41) is 8.90. The molecule has 0 spiro atoms. The minimum atomic E-state index is -2.63. The van der Waals surface area contributed by atoms with Gasteiger partial charge in [-0.2, -0.15) is 0 Å². The van der Waals surface area contributed by atoms with Crippen LogP contribution in [0.15, 0.2) is 60.7 Å². The Morgan fingerprint density at radius 2 is 1.33 bits per heavy atom. The van der Waals surface area contributed by atoms with Crippen molar-refractivity contribution < 1.29 is 0 Å². The molecule has 0 unspecified atom stereocenters. The van der Waals surface area contributed by atoms with Gasteiger partial charge in [-0.25, -0.2) is 0 Å². The molecule has 0 aliphatic heterocycles. The van der Waals surface area contributed by atoms with E-state index in [1.807, 2.05) is 0 Å². The molecule has 2 aromatic rings. The Hall–Kier alpha value is -0.541. The van der Waals surface area contributed by atoms with Crippen LogP contribution in [0.3, 0.4) is 0 Å². The SMILES string of the molecule is N#CC[CH2][Sn]([I])([c]1ccccc1)[c]1ccccc1. The van der Waals surface area contributed by atoms with Gasteiger partial charge in [0.2, 0.25) is 0 Å². The first-order valence-corrected chi connectivity index (χ1v) is 19.1. The van der Waals surface area contributed by atoms with Crippen molar-refractivity contribution in [2.75, 3.05) is 0 Å². The fourth-order valence-electron chi connectivity index (χ4n) is 2.09. The van der Waals surface area contributed by atoms with Crippen LogP contribution in [-0.2, 0) is 0 Å². The molecule has 0 radical (unpaired) electrons. The van der Waals surface area contributed by atoms with Gasteiger partial charge in [-0.15, -0.1) is 0 Å². The Balaban J connectivity index is 2.45. The summed E-state index contributed by atoms with van der Waals surface area (Å²) in [7, 11) is 0. The molecule has 0 fully saturated rings. The first-order valence-electron chi connectivity index (χ1n) is 5.94. The Labute approximate surface area is 122 Å². The number of halogens is 1. The monoisotopic (exact) mass is 455 g/mol. The summed E-state index contributed by atoms with van der Waals surface area (Å²) >= 11 is 0.0637. The molecule has 0 amide bonds. The van der Waals surface area contributed by atoms with Crippen molar-refractivity contribution in [3.8, 4) is 6.07 Å². The fourth-order valence-corrected chi connectivity index (χ4v) is 16.7. The first kappa shape index (κ1) is 13.9. The topological polar surface area (TPSA) is 23.8 Å². The molecule has 0 saturated carbocycles. The molecule has 0 heterocycles. The van der Waals surface area contributed by atoms with Gasteiger partial charge in [0.15, 0.2) is 0 Å². The van der Waals surface area contributed by atoms with Crippen LogP contribution in [0.5, 0.6) is 0 Å². The zero-order valence-electron chi connectivity index (χ0n) is 10.0. The van der Waals surface area contributed by atoms with Crippen LogP contribution in [0, 0.1) is 11.3 Å². The summed E-state index contributed by atoms with van der Waals surface area (Å²) in [6.45, 7) is 0. The van der Waals surface area contributed by atoms with E-state index in [-0.39, 0.29) is 0 Å². The van der Waals surface area contributed by atoms with Crippen LogP contribution in [0.25, 0.3) is 0 Å². The second kappa shape index (κ2) is 6.57. The first-order chi connectivity index (χ1) is 8.77. The summed E-state index contributed by atoms with van der Waals surface area (Å²) in [4.78, 5) is 0. The Morgan fingerprint density at radius 3 is 1.72 bits per heavy atom. The predicted octanol–water partition coefficient (Wildman–Crippen LogP) is 3.09. The van der Waals surface area contributed by atoms with Crippen molar-refractivity contribution in [1.29, 1.82) is 5.26 Å². The second-order valence-corrected chi connectivity index (χ2v) is 25.8. The van der Waals surface area contributed by atoms with Gasteiger partial charge >= 0.3 is 123 Å². The van der Waals surface area contributed by atoms with Crippen LogP contribution >= 0.6 is 18.6 Å². The van der Waals surface area contributed by atoms with E-state index in [0.717, 1.165) is 4.44 Å². The summed E-state index contributed by atoms with van der Waals surface area (Å²) in [6, 6.07) is 23.8. The average molecular weight is 454 g/mol. The molecule has 0 atom stereocenters. The molecule has 0 aromatic heterocycles. The zero-order valence-corrected chi connectivity index (χ0v) is 15.0. The average Bonchev–Trinajstić information content (AvgIpc) is 2.46. The van der Waals surface area contributed by atoms with Crippen molar-refractivity contribution in [2.45, 2.75) is 10.9 Å². The zero-order chi connectivity index (χ0) is 12.8. The van der Waals surface area contributed by atoms with Crippen molar-refractivity contribution in [2.24, 2.45) is 0 Å². The molecule has 0 saturated heterocycles. The van der Waals surface area contributed by atoms with Gasteiger partial charge in [0.1, 0.15) is 0 Å². The Kier molecular flexibility index (Phi) is 5.07. The second-order valence-electron chi connectivity index (χ2n) is 4.19. The standard InChI is InChI=1S/2C6H5.C3H4N.HI.Sn/c2*1-2-4-6-5-3-1;1-2-3-4;;/h2*1-5H;1-2H2;1H;/q;;;;+1/p-1. The fraction of sp³-hybridized carbons (Fsp3) is 0.133. The summed E-state index contributed by atoms with van der Waals surface area (Å²) in [5.41, 5.74) is 0. The van der Waals surface area contributed by atoms with Crippen molar-refractivity contribution in [1.82, 2.24) is 0 Å². The van der Waals surface area contributed by atoms with Crippen molar-refractivity contribution in [3.05, 3.63) is 60.7 Å². The van der Waals surface area contributed by atoms with Gasteiger partial charge in [-0.1, -0.05) is 0 Å². The predicted molar refractivity (Wildman–Crippen MR) is 87.0 cm³/mol. The van der Waals surface area contributed by atoms with Crippen LogP contribution in [0.1, 0.15) is 6.42 Å². The number of hydrogen-bond acceptors (Lipinski definition) is 1. The molecule has 18 heavy (non-hydrogen) atoms. The quantitative estimate of drug-likeness (QED) is 0.515. The Bertz CT molecular complexity index is 494. The van der Waals surface area contributed by atoms with E-state index in [1.54, 1.807) is 0 Å². The summed E-state index contributed by atoms with van der Waals surface area (Å²) < 4.78 is 3.97. The van der Waals surface area contributed by atoms with Gasteiger partial charge in [-0.3, -0.25) is 0 Å². The van der Waals surface area contributed by atoms with Crippen LogP contribution in [-0.4, -0.2) is 14.4 Å². The number of nitriles is 1. The van der Waals surface area contributed by atoms with Crippen LogP contribution < -0.4 is 7.16 Å². The van der Waals surface area contributed by atoms with Crippen molar-refractivity contribution in [3.63, 3.8) is 0 Å². The molecule has 2 aromatic carbocycles. The van der Waals surface area contributed by atoms with Gasteiger partial charge in [-0.05, 0) is 0 Å². The van der Waals surface area contributed by atoms with E-state index in [9.17, 15) is 0 Å². The van der Waals surface area contributed by atoms with Gasteiger partial charge < -0.3 is 0 Å². The summed E-state index contributed by atoms with van der Waals surface area (Å²) in [6.07, 6.45) is 0.656. The summed E-state index contributed by atoms with van der Waals surface area (Å²) in [5.74, 6) is 0. The van der Waals surface area contributed by atoms with E-state index in [0.29, 0.717) is 6.42 Å². The maximum atomic E-state index is 8.90. The van der Waals surface area contributed by atoms with Crippen LogP contribution in [0.4, 0.5) is 0 Å². The van der Waals surface area contributed by atoms with Gasteiger partial charge in [0.25, 0.3) is 0 Å². The normalized spacial score (nSPS) is 10.9. The number of rotatable bonds is 4. The number of hydrogen-bond donors (Lipinski definition) is 0. The maximum absolute atomic E-state index is 8.90. The third-order valence-electron chi connectivity index (χ3n) is 3.04. The third kappa shape index (κ3) is 3.07. The van der Waals surface area contributed by atoms with E-state index < -0.39 is 14.4 Å². The molecule has 0 aliphatic rings. The molecule has 1 nitrogen and oxygen atoms in total. The molecule has 90 valence electrons. The number of nitrogens with zero attached hydrogens (tertiary/aromatic N) is 1. The number of benzene rings is 2. The Morgan fingerprint density at radius 1 is 0.889 bits per heavy atom. The molecular weight excluding hydrogens is 440 g/mol. The molecule has 0 bridgehead atoms. The molecule has 0 N–H and O–H groups in total.